The Kier molecular flexibility index (Phi) is 13.3. The number of β-amino-alcohol motifs (C(OH)–C–C–N with tert-alkyl or cyclic N) is 1. The number of anilines is 1. The number of aryl methyl sites for hydroxylation is 1. The lowest BCUT2D eigenvalue weighted by Crippen LogP contribution is -2.57. The van der Waals surface area contributed by atoms with Crippen LogP contribution in [0.5, 0.6) is 11.5 Å². The van der Waals surface area contributed by atoms with E-state index in [0.29, 0.717) is 28.6 Å². The van der Waals surface area contributed by atoms with Gasteiger partial charge in [-0.25, -0.2) is 9.97 Å². The molecule has 5 N–H and O–H groups in total. The number of amides is 4. The fourth-order valence-corrected chi connectivity index (χ4v) is 8.05. The third-order valence-electron chi connectivity index (χ3n) is 10.7. The second-order valence-electron chi connectivity index (χ2n) is 16.3. The van der Waals surface area contributed by atoms with E-state index in [-0.39, 0.29) is 43.5 Å². The number of aliphatic hydroxyl groups excluding tert-OH is 1. The molecule has 0 saturated carbocycles. The van der Waals surface area contributed by atoms with Crippen LogP contribution in [0, 0.1) is 12.3 Å². The Hall–Kier alpha value is -6.92. The predicted octanol–water partition coefficient (Wildman–Crippen LogP) is 5.42. The smallest absolute Gasteiger partial charge is 0.274 e. The molecule has 0 aliphatic carbocycles. The van der Waals surface area contributed by atoms with Gasteiger partial charge in [0.15, 0.2) is 0 Å². The Morgan fingerprint density at radius 2 is 1.78 bits per heavy atom. The number of carbonyl (C=O) groups excluding carboxylic acids is 4. The Balaban J connectivity index is 0.929. The first-order chi connectivity index (χ1) is 30.2. The first-order valence-electron chi connectivity index (χ1n) is 20.4. The summed E-state index contributed by atoms with van der Waals surface area (Å²) in [6.07, 6.45) is 2.47. The minimum absolute atomic E-state index is 0.0480. The van der Waals surface area contributed by atoms with Gasteiger partial charge in [0.2, 0.25) is 11.8 Å². The largest absolute Gasteiger partial charge is 0.494 e. The summed E-state index contributed by atoms with van der Waals surface area (Å²) < 4.78 is 13.0. The molecule has 0 unspecified atom stereocenters. The number of aliphatic hydroxyl groups is 1. The summed E-state index contributed by atoms with van der Waals surface area (Å²) in [7, 11) is 1.48. The quantitative estimate of drug-likeness (QED) is 0.0877. The molecule has 7 rings (SSSR count). The molecule has 5 heterocycles. The molecule has 4 amide bonds. The molecule has 1 saturated heterocycles. The van der Waals surface area contributed by atoms with Gasteiger partial charge in [-0.15, -0.1) is 11.3 Å². The molecule has 4 atom stereocenters. The Morgan fingerprint density at radius 3 is 2.48 bits per heavy atom. The lowest BCUT2D eigenvalue weighted by atomic mass is 9.85. The van der Waals surface area contributed by atoms with Gasteiger partial charge in [-0.05, 0) is 66.8 Å². The number of hydrogen-bond donors (Lipinski definition) is 5. The molecule has 4 aromatic heterocycles. The molecule has 6 aromatic rings. The van der Waals surface area contributed by atoms with E-state index in [0.717, 1.165) is 21.7 Å². The monoisotopic (exact) mass is 874 g/mol. The molecule has 1 aliphatic rings. The maximum absolute atomic E-state index is 14.2. The van der Waals surface area contributed by atoms with Crippen molar-refractivity contribution < 1.29 is 33.8 Å². The number of ether oxygens (including phenoxy) is 2. The second-order valence-corrected chi connectivity index (χ2v) is 17.1. The van der Waals surface area contributed by atoms with Crippen LogP contribution in [0.1, 0.15) is 72.4 Å². The summed E-state index contributed by atoms with van der Waals surface area (Å²) >= 11 is 1.57. The number of benzene rings is 2. The van der Waals surface area contributed by atoms with Crippen LogP contribution < -0.4 is 25.4 Å². The van der Waals surface area contributed by atoms with Crippen molar-refractivity contribution >= 4 is 40.7 Å². The van der Waals surface area contributed by atoms with Crippen LogP contribution in [0.3, 0.4) is 0 Å². The van der Waals surface area contributed by atoms with Gasteiger partial charge in [-0.1, -0.05) is 51.1 Å². The van der Waals surface area contributed by atoms with E-state index in [1.54, 1.807) is 76.9 Å². The molecule has 1 aliphatic heterocycles. The molecular weight excluding hydrogens is 825 g/mol. The normalized spacial score (nSPS) is 16.0. The molecule has 1 fully saturated rings. The maximum Gasteiger partial charge on any atom is 0.274 e. The molecule has 0 spiro atoms. The highest BCUT2D eigenvalue weighted by Gasteiger charge is 2.45. The minimum atomic E-state index is -1.04. The van der Waals surface area contributed by atoms with Crippen molar-refractivity contribution in [1.82, 2.24) is 45.5 Å². The zero-order valence-electron chi connectivity index (χ0n) is 35.8. The van der Waals surface area contributed by atoms with Gasteiger partial charge < -0.3 is 35.4 Å². The average molecular weight is 875 g/mol. The fourth-order valence-electron chi connectivity index (χ4n) is 7.24. The van der Waals surface area contributed by atoms with Gasteiger partial charge in [-0.2, -0.15) is 10.2 Å². The zero-order valence-corrected chi connectivity index (χ0v) is 36.6. The zero-order chi connectivity index (χ0) is 44.8. The number of aromatic amines is 1. The average Bonchev–Trinajstić information content (AvgIpc) is 4.11. The van der Waals surface area contributed by atoms with Gasteiger partial charge in [-0.3, -0.25) is 29.0 Å². The third kappa shape index (κ3) is 10.4. The fraction of sp³-hybridized carbons (Fsp3) is 0.333. The molecule has 18 heteroatoms. The summed E-state index contributed by atoms with van der Waals surface area (Å²) in [5.74, 6) is -1.01. The number of nitrogens with one attached hydrogen (secondary N) is 4. The highest BCUT2D eigenvalue weighted by molar-refractivity contribution is 7.13. The standard InChI is InChI=1S/C45H50N10O7S/c1-26(28-10-12-29(13-11-28)39-27(2)46-25-63-39)48-43(59)37-22-30(56)24-55(37)44(60)40(45(3,4)5)51-42(58)36-17-19-54(53-36)20-21-62-31-14-15-34(38(23-31)61-6)50-41(57)35-9-7-8-32(49-35)33-16-18-47-52-33/h7-19,23,25-26,30,37,40,56H,20-22,24H2,1-6H3,(H,47,52)(H,48,59)(H,50,57)(H,51,58)/t26-,30+,37-,40+/m0/s1. The van der Waals surface area contributed by atoms with Crippen molar-refractivity contribution in [3.05, 3.63) is 113 Å². The predicted molar refractivity (Wildman–Crippen MR) is 236 cm³/mol. The van der Waals surface area contributed by atoms with Crippen molar-refractivity contribution in [3.8, 4) is 33.3 Å². The number of thiazole rings is 1. The van der Waals surface area contributed by atoms with Crippen molar-refractivity contribution in [2.45, 2.75) is 71.8 Å². The second kappa shape index (κ2) is 19.0. The summed E-state index contributed by atoms with van der Waals surface area (Å²) in [4.78, 5) is 65.8. The van der Waals surface area contributed by atoms with E-state index in [2.05, 4.69) is 41.2 Å². The topological polar surface area (TPSA) is 219 Å². The van der Waals surface area contributed by atoms with E-state index >= 15 is 0 Å². The summed E-state index contributed by atoms with van der Waals surface area (Å²) in [6, 6.07) is 19.0. The number of aromatic nitrogens is 6. The minimum Gasteiger partial charge on any atom is -0.494 e. The summed E-state index contributed by atoms with van der Waals surface area (Å²) in [5.41, 5.74) is 5.81. The maximum atomic E-state index is 14.2. The van der Waals surface area contributed by atoms with Gasteiger partial charge in [0.25, 0.3) is 11.8 Å². The first kappa shape index (κ1) is 44.1. The van der Waals surface area contributed by atoms with E-state index in [1.807, 2.05) is 64.4 Å². The van der Waals surface area contributed by atoms with Gasteiger partial charge in [0.1, 0.15) is 47.3 Å². The lowest BCUT2D eigenvalue weighted by Gasteiger charge is -2.35. The molecule has 0 radical (unpaired) electrons. The number of nitrogens with zero attached hydrogens (tertiary/aromatic N) is 6. The van der Waals surface area contributed by atoms with Crippen LogP contribution in [0.25, 0.3) is 21.8 Å². The number of carbonyl (C=O) groups is 4. The van der Waals surface area contributed by atoms with Gasteiger partial charge in [0.05, 0.1) is 53.3 Å². The first-order valence-corrected chi connectivity index (χ1v) is 21.3. The molecule has 2 aromatic carbocycles. The SMILES string of the molecule is COc1cc(OCCn2ccc(C(=O)N[C@H](C(=O)N3C[C@H](O)C[C@H]3C(=O)N[C@@H](C)c3ccc(-c4scnc4C)cc3)C(C)(C)C)n2)ccc1NC(=O)c1cccc(-c2cc[nH]n2)n1. The number of rotatable bonds is 15. The van der Waals surface area contributed by atoms with Crippen LogP contribution in [0.4, 0.5) is 5.69 Å². The van der Waals surface area contributed by atoms with Crippen molar-refractivity contribution in [2.24, 2.45) is 5.41 Å². The third-order valence-corrected chi connectivity index (χ3v) is 11.6. The van der Waals surface area contributed by atoms with Gasteiger partial charge in [0, 0.05) is 31.4 Å². The number of H-pyrrole nitrogens is 1. The number of likely N-dealkylation sites (tertiary alicyclic amines) is 1. The molecule has 328 valence electrons. The Morgan fingerprint density at radius 1 is 0.984 bits per heavy atom. The molecule has 63 heavy (non-hydrogen) atoms. The van der Waals surface area contributed by atoms with E-state index in [1.165, 1.54) is 12.0 Å². The number of hydrogen-bond acceptors (Lipinski definition) is 12. The van der Waals surface area contributed by atoms with Crippen molar-refractivity contribution in [1.29, 1.82) is 0 Å². The lowest BCUT2D eigenvalue weighted by molar-refractivity contribution is -0.142. The highest BCUT2D eigenvalue weighted by atomic mass is 32.1. The number of pyridine rings is 1. The van der Waals surface area contributed by atoms with Gasteiger partial charge >= 0.3 is 0 Å². The van der Waals surface area contributed by atoms with Crippen LogP contribution in [0.2, 0.25) is 0 Å². The molecule has 0 bridgehead atoms. The van der Waals surface area contributed by atoms with E-state index in [9.17, 15) is 24.3 Å². The van der Waals surface area contributed by atoms with E-state index in [4.69, 9.17) is 9.47 Å². The Labute approximate surface area is 368 Å². The molecule has 17 nitrogen and oxygen atoms in total. The van der Waals surface area contributed by atoms with Crippen molar-refractivity contribution in [3.63, 3.8) is 0 Å². The van der Waals surface area contributed by atoms with Crippen LogP contribution in [0.15, 0.2) is 90.7 Å². The van der Waals surface area contributed by atoms with E-state index < -0.39 is 47.2 Å². The van der Waals surface area contributed by atoms with Crippen LogP contribution in [-0.2, 0) is 16.1 Å². The number of methoxy groups -OCH3 is 1. The van der Waals surface area contributed by atoms with Crippen molar-refractivity contribution in [2.75, 3.05) is 25.6 Å². The molecular formula is C45H50N10O7S. The highest BCUT2D eigenvalue weighted by Crippen LogP contribution is 2.31. The van der Waals surface area contributed by atoms with Crippen LogP contribution in [-0.4, -0.2) is 102 Å². The summed E-state index contributed by atoms with van der Waals surface area (Å²) in [5, 5.41) is 30.6. The Bertz CT molecular complexity index is 2570. The van der Waals surface area contributed by atoms with Crippen LogP contribution >= 0.6 is 11.3 Å². The summed E-state index contributed by atoms with van der Waals surface area (Å²) in [6.45, 7) is 9.71.